The number of aromatic nitrogens is 2. The van der Waals surface area contributed by atoms with Gasteiger partial charge >= 0.3 is 12.1 Å². The third kappa shape index (κ3) is 2.52. The predicted octanol–water partition coefficient (Wildman–Crippen LogP) is 1.41. The molecule has 0 bridgehead atoms. The first-order chi connectivity index (χ1) is 8.38. The van der Waals surface area contributed by atoms with Crippen molar-refractivity contribution in [2.24, 2.45) is 5.92 Å². The second kappa shape index (κ2) is 4.43. The van der Waals surface area contributed by atoms with Crippen molar-refractivity contribution in [1.29, 1.82) is 0 Å². The van der Waals surface area contributed by atoms with Crippen molar-refractivity contribution in [2.45, 2.75) is 12.6 Å². The first-order valence-corrected chi connectivity index (χ1v) is 5.26. The zero-order chi connectivity index (χ0) is 13.3. The first kappa shape index (κ1) is 12.6. The van der Waals surface area contributed by atoms with Crippen molar-refractivity contribution < 1.29 is 23.1 Å². The summed E-state index contributed by atoms with van der Waals surface area (Å²) >= 11 is 0. The lowest BCUT2D eigenvalue weighted by Gasteiger charge is -2.16. The van der Waals surface area contributed by atoms with E-state index in [1.54, 1.807) is 4.90 Å². The molecular formula is C10H10F3N3O2. The molecule has 1 aromatic heterocycles. The van der Waals surface area contributed by atoms with E-state index in [0.29, 0.717) is 13.0 Å². The number of rotatable bonds is 2. The topological polar surface area (TPSA) is 66.3 Å². The van der Waals surface area contributed by atoms with Gasteiger partial charge in [0.2, 0.25) is 0 Å². The number of halogens is 3. The molecule has 0 spiro atoms. The Kier molecular flexibility index (Phi) is 3.10. The summed E-state index contributed by atoms with van der Waals surface area (Å²) in [5, 5.41) is 15.4. The summed E-state index contributed by atoms with van der Waals surface area (Å²) < 4.78 is 36.8. The van der Waals surface area contributed by atoms with Gasteiger partial charge in [0.25, 0.3) is 0 Å². The summed E-state index contributed by atoms with van der Waals surface area (Å²) in [7, 11) is 0. The molecule has 1 fully saturated rings. The van der Waals surface area contributed by atoms with Crippen LogP contribution in [0.2, 0.25) is 0 Å². The molecule has 1 atom stereocenters. The lowest BCUT2D eigenvalue weighted by atomic mass is 10.1. The molecule has 0 radical (unpaired) electrons. The van der Waals surface area contributed by atoms with E-state index < -0.39 is 23.8 Å². The zero-order valence-electron chi connectivity index (χ0n) is 9.18. The second-order valence-corrected chi connectivity index (χ2v) is 4.04. The normalized spacial score (nSPS) is 20.2. The highest BCUT2D eigenvalue weighted by Gasteiger charge is 2.34. The van der Waals surface area contributed by atoms with Crippen LogP contribution in [0.25, 0.3) is 0 Å². The summed E-state index contributed by atoms with van der Waals surface area (Å²) in [4.78, 5) is 12.4. The summed E-state index contributed by atoms with van der Waals surface area (Å²) in [6.45, 7) is 0.701. The minimum absolute atomic E-state index is 0.245. The molecule has 1 unspecified atom stereocenters. The Bertz CT molecular complexity index is 447. The molecule has 5 nitrogen and oxygen atoms in total. The van der Waals surface area contributed by atoms with Crippen LogP contribution in [0.5, 0.6) is 0 Å². The van der Waals surface area contributed by atoms with E-state index in [4.69, 9.17) is 5.11 Å². The van der Waals surface area contributed by atoms with Crippen molar-refractivity contribution in [3.05, 3.63) is 17.8 Å². The fraction of sp³-hybridized carbons (Fsp3) is 0.500. The van der Waals surface area contributed by atoms with Crippen LogP contribution in [-0.4, -0.2) is 34.4 Å². The molecular weight excluding hydrogens is 251 g/mol. The van der Waals surface area contributed by atoms with Gasteiger partial charge in [-0.1, -0.05) is 0 Å². The molecule has 0 amide bonds. The number of aliphatic carboxylic acids is 1. The van der Waals surface area contributed by atoms with Crippen molar-refractivity contribution in [1.82, 2.24) is 10.2 Å². The van der Waals surface area contributed by atoms with E-state index in [1.807, 2.05) is 0 Å². The smallest absolute Gasteiger partial charge is 0.435 e. The van der Waals surface area contributed by atoms with Crippen LogP contribution in [0.1, 0.15) is 12.1 Å². The molecule has 0 aliphatic carbocycles. The molecule has 1 aliphatic rings. The highest BCUT2D eigenvalue weighted by molar-refractivity contribution is 5.71. The van der Waals surface area contributed by atoms with Crippen LogP contribution in [0.3, 0.4) is 0 Å². The van der Waals surface area contributed by atoms with Gasteiger partial charge in [-0.25, -0.2) is 0 Å². The average molecular weight is 261 g/mol. The van der Waals surface area contributed by atoms with E-state index in [0.717, 1.165) is 6.07 Å². The van der Waals surface area contributed by atoms with Crippen LogP contribution in [-0.2, 0) is 11.0 Å². The van der Waals surface area contributed by atoms with Gasteiger partial charge in [0, 0.05) is 13.1 Å². The van der Waals surface area contributed by atoms with Gasteiger partial charge in [0.15, 0.2) is 11.5 Å². The third-order valence-electron chi connectivity index (χ3n) is 2.80. The number of carboxylic acid groups (broad SMARTS) is 1. The maximum Gasteiger partial charge on any atom is 0.435 e. The van der Waals surface area contributed by atoms with E-state index >= 15 is 0 Å². The average Bonchev–Trinajstić information content (AvgIpc) is 2.77. The molecule has 18 heavy (non-hydrogen) atoms. The Morgan fingerprint density at radius 1 is 1.39 bits per heavy atom. The monoisotopic (exact) mass is 261 g/mol. The van der Waals surface area contributed by atoms with E-state index in [9.17, 15) is 18.0 Å². The molecule has 1 aromatic rings. The fourth-order valence-electron chi connectivity index (χ4n) is 1.81. The predicted molar refractivity (Wildman–Crippen MR) is 55.0 cm³/mol. The van der Waals surface area contributed by atoms with Crippen molar-refractivity contribution in [2.75, 3.05) is 18.0 Å². The van der Waals surface area contributed by atoms with Crippen LogP contribution in [0, 0.1) is 5.92 Å². The second-order valence-electron chi connectivity index (χ2n) is 4.04. The van der Waals surface area contributed by atoms with Gasteiger partial charge in [-0.15, -0.1) is 10.2 Å². The standard InChI is InChI=1S/C10H10F3N3O2/c11-10(12,13)7-1-2-8(15-14-7)16-4-3-6(5-16)9(17)18/h1-2,6H,3-5H2,(H,17,18). The molecule has 2 rings (SSSR count). The number of carboxylic acids is 1. The Labute approximate surface area is 100 Å². The maximum absolute atomic E-state index is 12.3. The lowest BCUT2D eigenvalue weighted by Crippen LogP contribution is -2.24. The van der Waals surface area contributed by atoms with E-state index in [2.05, 4.69) is 10.2 Å². The molecule has 0 saturated carbocycles. The highest BCUT2D eigenvalue weighted by Crippen LogP contribution is 2.28. The Hall–Kier alpha value is -1.86. The molecule has 1 N–H and O–H groups in total. The van der Waals surface area contributed by atoms with Crippen molar-refractivity contribution in [3.8, 4) is 0 Å². The number of hydrogen-bond donors (Lipinski definition) is 1. The Morgan fingerprint density at radius 3 is 2.56 bits per heavy atom. The quantitative estimate of drug-likeness (QED) is 0.871. The molecule has 0 aromatic carbocycles. The minimum atomic E-state index is -4.51. The van der Waals surface area contributed by atoms with Crippen molar-refractivity contribution >= 4 is 11.8 Å². The summed E-state index contributed by atoms with van der Waals surface area (Å²) in [6.07, 6.45) is -4.06. The largest absolute Gasteiger partial charge is 0.481 e. The molecule has 1 aliphatic heterocycles. The number of alkyl halides is 3. The van der Waals surface area contributed by atoms with Crippen LogP contribution in [0.4, 0.5) is 19.0 Å². The summed E-state index contributed by atoms with van der Waals surface area (Å²) in [6, 6.07) is 2.05. The van der Waals surface area contributed by atoms with Gasteiger partial charge in [-0.3, -0.25) is 4.79 Å². The maximum atomic E-state index is 12.3. The minimum Gasteiger partial charge on any atom is -0.481 e. The highest BCUT2D eigenvalue weighted by atomic mass is 19.4. The summed E-state index contributed by atoms with van der Waals surface area (Å²) in [5.41, 5.74) is -1.06. The number of carbonyl (C=O) groups is 1. The van der Waals surface area contributed by atoms with Gasteiger partial charge in [-0.2, -0.15) is 13.2 Å². The number of anilines is 1. The fourth-order valence-corrected chi connectivity index (χ4v) is 1.81. The third-order valence-corrected chi connectivity index (χ3v) is 2.80. The van der Waals surface area contributed by atoms with Crippen LogP contribution >= 0.6 is 0 Å². The van der Waals surface area contributed by atoms with Gasteiger partial charge in [0.1, 0.15) is 0 Å². The van der Waals surface area contributed by atoms with Gasteiger partial charge < -0.3 is 10.0 Å². The van der Waals surface area contributed by atoms with Crippen LogP contribution in [0.15, 0.2) is 12.1 Å². The molecule has 8 heteroatoms. The van der Waals surface area contributed by atoms with Crippen LogP contribution < -0.4 is 4.90 Å². The molecule has 2 heterocycles. The Morgan fingerprint density at radius 2 is 2.11 bits per heavy atom. The molecule has 98 valence electrons. The Balaban J connectivity index is 2.10. The summed E-state index contributed by atoms with van der Waals surface area (Å²) in [5.74, 6) is -1.14. The van der Waals surface area contributed by atoms with Crippen molar-refractivity contribution in [3.63, 3.8) is 0 Å². The lowest BCUT2D eigenvalue weighted by molar-refractivity contribution is -0.142. The van der Waals surface area contributed by atoms with E-state index in [-0.39, 0.29) is 12.4 Å². The zero-order valence-corrected chi connectivity index (χ0v) is 9.18. The number of hydrogen-bond acceptors (Lipinski definition) is 4. The van der Waals surface area contributed by atoms with Gasteiger partial charge in [0.05, 0.1) is 5.92 Å². The van der Waals surface area contributed by atoms with Gasteiger partial charge in [-0.05, 0) is 18.6 Å². The SMILES string of the molecule is O=C(O)C1CCN(c2ccc(C(F)(F)F)nn2)C1. The molecule has 1 saturated heterocycles. The van der Waals surface area contributed by atoms with E-state index in [1.165, 1.54) is 6.07 Å². The number of nitrogens with zero attached hydrogens (tertiary/aromatic N) is 3. The first-order valence-electron chi connectivity index (χ1n) is 5.26.